The summed E-state index contributed by atoms with van der Waals surface area (Å²) in [6, 6.07) is 3.48. The van der Waals surface area contributed by atoms with E-state index in [1.807, 2.05) is 0 Å². The molecule has 0 radical (unpaired) electrons. The average Bonchev–Trinajstić information content (AvgIpc) is 2.77. The van der Waals surface area contributed by atoms with Crippen molar-refractivity contribution >= 4 is 11.3 Å². The van der Waals surface area contributed by atoms with E-state index < -0.39 is 0 Å². The van der Waals surface area contributed by atoms with Crippen molar-refractivity contribution in [1.29, 1.82) is 0 Å². The molecule has 0 saturated heterocycles. The summed E-state index contributed by atoms with van der Waals surface area (Å²) in [6.45, 7) is 7.06. The molecule has 1 aliphatic carbocycles. The SMILES string of the molecule is CC(NC1CCCC(C(C)C)CC1)c1ccsc1. The molecule has 1 N–H and O–H groups in total. The highest BCUT2D eigenvalue weighted by Crippen LogP contribution is 2.29. The molecule has 1 heterocycles. The summed E-state index contributed by atoms with van der Waals surface area (Å²) in [4.78, 5) is 0. The second-order valence-electron chi connectivity index (χ2n) is 6.15. The average molecular weight is 265 g/mol. The highest BCUT2D eigenvalue weighted by Gasteiger charge is 2.22. The molecule has 0 amide bonds. The number of hydrogen-bond donors (Lipinski definition) is 1. The number of nitrogens with one attached hydrogen (secondary N) is 1. The minimum Gasteiger partial charge on any atom is -0.307 e. The van der Waals surface area contributed by atoms with E-state index in [2.05, 4.69) is 42.9 Å². The minimum absolute atomic E-state index is 0.511. The van der Waals surface area contributed by atoms with Gasteiger partial charge in [0.25, 0.3) is 0 Å². The molecular formula is C16H27NS. The normalized spacial score (nSPS) is 27.1. The maximum Gasteiger partial charge on any atom is 0.0302 e. The van der Waals surface area contributed by atoms with Crippen molar-refractivity contribution in [2.24, 2.45) is 11.8 Å². The van der Waals surface area contributed by atoms with Crippen molar-refractivity contribution < 1.29 is 0 Å². The third-order valence-corrected chi connectivity index (χ3v) is 5.19. The van der Waals surface area contributed by atoms with Gasteiger partial charge < -0.3 is 5.32 Å². The quantitative estimate of drug-likeness (QED) is 0.755. The molecular weight excluding hydrogens is 238 g/mol. The highest BCUT2D eigenvalue weighted by molar-refractivity contribution is 7.07. The largest absolute Gasteiger partial charge is 0.307 e. The molecule has 1 nitrogen and oxygen atoms in total. The maximum absolute atomic E-state index is 3.83. The Morgan fingerprint density at radius 2 is 2.00 bits per heavy atom. The third kappa shape index (κ3) is 3.83. The van der Waals surface area contributed by atoms with Crippen LogP contribution in [0.2, 0.25) is 0 Å². The van der Waals surface area contributed by atoms with Gasteiger partial charge in [-0.05, 0) is 60.4 Å². The van der Waals surface area contributed by atoms with Crippen LogP contribution in [0.15, 0.2) is 16.8 Å². The van der Waals surface area contributed by atoms with Crippen molar-refractivity contribution in [3.63, 3.8) is 0 Å². The van der Waals surface area contributed by atoms with E-state index in [4.69, 9.17) is 0 Å². The van der Waals surface area contributed by atoms with Gasteiger partial charge in [0.2, 0.25) is 0 Å². The predicted octanol–water partition coefficient (Wildman–Crippen LogP) is 5.00. The Labute approximate surface area is 116 Å². The monoisotopic (exact) mass is 265 g/mol. The van der Waals surface area contributed by atoms with Gasteiger partial charge in [0, 0.05) is 12.1 Å². The minimum atomic E-state index is 0.511. The van der Waals surface area contributed by atoms with Crippen LogP contribution >= 0.6 is 11.3 Å². The van der Waals surface area contributed by atoms with Gasteiger partial charge >= 0.3 is 0 Å². The number of thiophene rings is 1. The maximum atomic E-state index is 3.83. The molecule has 2 rings (SSSR count). The lowest BCUT2D eigenvalue weighted by Gasteiger charge is -2.22. The smallest absolute Gasteiger partial charge is 0.0302 e. The lowest BCUT2D eigenvalue weighted by atomic mass is 9.89. The predicted molar refractivity (Wildman–Crippen MR) is 81.1 cm³/mol. The Hall–Kier alpha value is -0.340. The first-order valence-electron chi connectivity index (χ1n) is 7.45. The van der Waals surface area contributed by atoms with E-state index in [1.54, 1.807) is 11.3 Å². The molecule has 1 fully saturated rings. The van der Waals surface area contributed by atoms with Gasteiger partial charge in [-0.2, -0.15) is 11.3 Å². The molecule has 2 heteroatoms. The van der Waals surface area contributed by atoms with Crippen LogP contribution in [0.4, 0.5) is 0 Å². The van der Waals surface area contributed by atoms with Gasteiger partial charge in [0.1, 0.15) is 0 Å². The van der Waals surface area contributed by atoms with Gasteiger partial charge in [-0.1, -0.05) is 26.7 Å². The third-order valence-electron chi connectivity index (χ3n) is 4.49. The molecule has 3 atom stereocenters. The molecule has 0 spiro atoms. The molecule has 18 heavy (non-hydrogen) atoms. The van der Waals surface area contributed by atoms with Crippen LogP contribution in [0.5, 0.6) is 0 Å². The van der Waals surface area contributed by atoms with Gasteiger partial charge in [0.15, 0.2) is 0 Å². The Kier molecular flexibility index (Phi) is 5.25. The topological polar surface area (TPSA) is 12.0 Å². The molecule has 3 unspecified atom stereocenters. The molecule has 102 valence electrons. The van der Waals surface area contributed by atoms with Crippen LogP contribution in [0.25, 0.3) is 0 Å². The Bertz CT molecular complexity index is 331. The standard InChI is InChI=1S/C16H27NS/c1-12(2)14-5-4-6-16(8-7-14)17-13(3)15-9-10-18-11-15/h9-14,16-17H,4-8H2,1-3H3. The fourth-order valence-corrected chi connectivity index (χ4v) is 3.89. The van der Waals surface area contributed by atoms with Crippen LogP contribution in [0.3, 0.4) is 0 Å². The van der Waals surface area contributed by atoms with Gasteiger partial charge in [0.05, 0.1) is 0 Å². The van der Waals surface area contributed by atoms with Crippen molar-refractivity contribution in [2.45, 2.75) is 65.0 Å². The van der Waals surface area contributed by atoms with Crippen molar-refractivity contribution in [2.75, 3.05) is 0 Å². The molecule has 1 aliphatic rings. The zero-order valence-corrected chi connectivity index (χ0v) is 12.8. The fourth-order valence-electron chi connectivity index (χ4n) is 3.13. The second-order valence-corrected chi connectivity index (χ2v) is 6.93. The first-order valence-corrected chi connectivity index (χ1v) is 8.39. The first kappa shape index (κ1) is 14.1. The summed E-state index contributed by atoms with van der Waals surface area (Å²) in [6.07, 6.45) is 6.96. The van der Waals surface area contributed by atoms with E-state index in [-0.39, 0.29) is 0 Å². The van der Waals surface area contributed by atoms with E-state index in [9.17, 15) is 0 Å². The van der Waals surface area contributed by atoms with Gasteiger partial charge in [-0.15, -0.1) is 0 Å². The molecule has 1 aromatic rings. The summed E-state index contributed by atoms with van der Waals surface area (Å²) < 4.78 is 0. The fraction of sp³-hybridized carbons (Fsp3) is 0.750. The van der Waals surface area contributed by atoms with Gasteiger partial charge in [-0.25, -0.2) is 0 Å². The Morgan fingerprint density at radius 1 is 1.17 bits per heavy atom. The second kappa shape index (κ2) is 6.72. The van der Waals surface area contributed by atoms with E-state index in [1.165, 1.54) is 37.7 Å². The lowest BCUT2D eigenvalue weighted by molar-refractivity contribution is 0.335. The molecule has 1 aromatic heterocycles. The Morgan fingerprint density at radius 3 is 2.67 bits per heavy atom. The summed E-state index contributed by atoms with van der Waals surface area (Å²) in [5.41, 5.74) is 1.45. The molecule has 0 aromatic carbocycles. The van der Waals surface area contributed by atoms with Crippen molar-refractivity contribution in [3.8, 4) is 0 Å². The lowest BCUT2D eigenvalue weighted by Crippen LogP contribution is -2.31. The summed E-state index contributed by atoms with van der Waals surface area (Å²) in [5.74, 6) is 1.81. The van der Waals surface area contributed by atoms with Crippen molar-refractivity contribution in [1.82, 2.24) is 5.32 Å². The van der Waals surface area contributed by atoms with Crippen LogP contribution < -0.4 is 5.32 Å². The number of hydrogen-bond acceptors (Lipinski definition) is 2. The van der Waals surface area contributed by atoms with Crippen molar-refractivity contribution in [3.05, 3.63) is 22.4 Å². The van der Waals surface area contributed by atoms with E-state index in [0.29, 0.717) is 6.04 Å². The van der Waals surface area contributed by atoms with Crippen LogP contribution in [-0.2, 0) is 0 Å². The van der Waals surface area contributed by atoms with Crippen LogP contribution in [0, 0.1) is 11.8 Å². The van der Waals surface area contributed by atoms with E-state index in [0.717, 1.165) is 17.9 Å². The van der Waals surface area contributed by atoms with Crippen LogP contribution in [0.1, 0.15) is 64.5 Å². The highest BCUT2D eigenvalue weighted by atomic mass is 32.1. The zero-order chi connectivity index (χ0) is 13.0. The van der Waals surface area contributed by atoms with Gasteiger partial charge in [-0.3, -0.25) is 0 Å². The van der Waals surface area contributed by atoms with E-state index >= 15 is 0 Å². The number of rotatable bonds is 4. The first-order chi connectivity index (χ1) is 8.66. The summed E-state index contributed by atoms with van der Waals surface area (Å²) in [5, 5.41) is 8.27. The molecule has 1 saturated carbocycles. The zero-order valence-electron chi connectivity index (χ0n) is 12.0. The molecule has 0 bridgehead atoms. The Balaban J connectivity index is 1.83. The summed E-state index contributed by atoms with van der Waals surface area (Å²) >= 11 is 1.80. The van der Waals surface area contributed by atoms with Crippen LogP contribution in [-0.4, -0.2) is 6.04 Å². The molecule has 0 aliphatic heterocycles. The summed E-state index contributed by atoms with van der Waals surface area (Å²) in [7, 11) is 0.